The molecule has 3 unspecified atom stereocenters. The summed E-state index contributed by atoms with van der Waals surface area (Å²) < 4.78 is 27.3. The number of aliphatic carboxylic acids is 1. The second kappa shape index (κ2) is 4.49. The van der Waals surface area contributed by atoms with Gasteiger partial charge >= 0.3 is 5.97 Å². The first-order valence-electron chi connectivity index (χ1n) is 6.03. The van der Waals surface area contributed by atoms with E-state index in [1.807, 2.05) is 0 Å². The Balaban J connectivity index is 2.04. The lowest BCUT2D eigenvalue weighted by Gasteiger charge is -2.29. The molecule has 0 spiro atoms. The highest BCUT2D eigenvalue weighted by molar-refractivity contribution is 5.70. The summed E-state index contributed by atoms with van der Waals surface area (Å²) in [5, 5.41) is 11.8. The van der Waals surface area contributed by atoms with Crippen LogP contribution in [-0.2, 0) is 4.79 Å². The molecule has 2 fully saturated rings. The first-order valence-corrected chi connectivity index (χ1v) is 6.03. The van der Waals surface area contributed by atoms with Crippen LogP contribution in [0.25, 0.3) is 0 Å². The average molecular weight is 248 g/mol. The molecule has 17 heavy (non-hydrogen) atoms. The number of carboxylic acids is 1. The molecule has 0 radical (unpaired) electrons. The van der Waals surface area contributed by atoms with Crippen LogP contribution in [0.5, 0.6) is 0 Å². The van der Waals surface area contributed by atoms with Crippen molar-refractivity contribution in [2.45, 2.75) is 37.8 Å². The molecule has 2 N–H and O–H groups in total. The zero-order valence-electron chi connectivity index (χ0n) is 9.83. The topological polar surface area (TPSA) is 52.6 Å². The zero-order chi connectivity index (χ0) is 12.6. The number of hydrogen-bond acceptors (Lipinski definition) is 3. The second-order valence-electron chi connectivity index (χ2n) is 4.92. The van der Waals surface area contributed by atoms with E-state index >= 15 is 0 Å². The Labute approximate surface area is 99.0 Å². The van der Waals surface area contributed by atoms with E-state index in [-0.39, 0.29) is 19.1 Å². The van der Waals surface area contributed by atoms with E-state index in [9.17, 15) is 13.6 Å². The van der Waals surface area contributed by atoms with E-state index in [0.29, 0.717) is 19.4 Å². The molecule has 98 valence electrons. The van der Waals surface area contributed by atoms with Gasteiger partial charge in [-0.1, -0.05) is 6.92 Å². The largest absolute Gasteiger partial charge is 0.481 e. The van der Waals surface area contributed by atoms with Crippen molar-refractivity contribution in [1.29, 1.82) is 0 Å². The van der Waals surface area contributed by atoms with Gasteiger partial charge in [0.25, 0.3) is 5.92 Å². The van der Waals surface area contributed by atoms with Crippen molar-refractivity contribution in [3.8, 4) is 0 Å². The Kier molecular flexibility index (Phi) is 3.36. The maximum Gasteiger partial charge on any atom is 0.307 e. The molecule has 0 aliphatic carbocycles. The Morgan fingerprint density at radius 2 is 2.35 bits per heavy atom. The van der Waals surface area contributed by atoms with Crippen LogP contribution in [0.3, 0.4) is 0 Å². The van der Waals surface area contributed by atoms with Crippen LogP contribution in [0.4, 0.5) is 8.78 Å². The smallest absolute Gasteiger partial charge is 0.307 e. The molecule has 2 aliphatic heterocycles. The van der Waals surface area contributed by atoms with Crippen molar-refractivity contribution in [3.05, 3.63) is 0 Å². The maximum absolute atomic E-state index is 13.7. The van der Waals surface area contributed by atoms with E-state index in [4.69, 9.17) is 5.11 Å². The molecule has 3 atom stereocenters. The van der Waals surface area contributed by atoms with Gasteiger partial charge in [-0.2, -0.15) is 0 Å². The van der Waals surface area contributed by atoms with E-state index < -0.39 is 23.9 Å². The van der Waals surface area contributed by atoms with Crippen molar-refractivity contribution in [1.82, 2.24) is 10.2 Å². The van der Waals surface area contributed by atoms with Crippen LogP contribution in [-0.4, -0.2) is 53.6 Å². The molecule has 2 aliphatic rings. The third-order valence-electron chi connectivity index (χ3n) is 3.83. The number of carbonyl (C=O) groups is 1. The van der Waals surface area contributed by atoms with E-state index in [1.54, 1.807) is 11.8 Å². The van der Waals surface area contributed by atoms with Gasteiger partial charge in [-0.25, -0.2) is 8.78 Å². The molecule has 0 bridgehead atoms. The molecule has 0 saturated carbocycles. The van der Waals surface area contributed by atoms with Gasteiger partial charge in [-0.05, 0) is 12.8 Å². The third kappa shape index (κ3) is 2.28. The van der Waals surface area contributed by atoms with Gasteiger partial charge in [-0.15, -0.1) is 0 Å². The molecule has 6 heteroatoms. The fourth-order valence-electron chi connectivity index (χ4n) is 2.87. The molecule has 0 aromatic carbocycles. The summed E-state index contributed by atoms with van der Waals surface area (Å²) in [7, 11) is 0. The quantitative estimate of drug-likeness (QED) is 0.772. The van der Waals surface area contributed by atoms with Crippen molar-refractivity contribution in [3.63, 3.8) is 0 Å². The third-order valence-corrected chi connectivity index (χ3v) is 3.83. The highest BCUT2D eigenvalue weighted by Gasteiger charge is 2.55. The number of nitrogens with one attached hydrogen (secondary N) is 1. The van der Waals surface area contributed by atoms with Gasteiger partial charge in [-0.3, -0.25) is 9.69 Å². The Bertz CT molecular complexity index is 312. The van der Waals surface area contributed by atoms with Crippen LogP contribution in [0, 0.1) is 5.92 Å². The van der Waals surface area contributed by atoms with Crippen molar-refractivity contribution in [2.24, 2.45) is 5.92 Å². The highest BCUT2D eigenvalue weighted by Crippen LogP contribution is 2.36. The summed E-state index contributed by atoms with van der Waals surface area (Å²) in [6, 6.07) is -1.01. The number of rotatable bonds is 4. The van der Waals surface area contributed by atoms with Gasteiger partial charge < -0.3 is 10.4 Å². The molecule has 2 saturated heterocycles. The number of alkyl halides is 2. The fraction of sp³-hybridized carbons (Fsp3) is 0.909. The lowest BCUT2D eigenvalue weighted by Crippen LogP contribution is -2.47. The van der Waals surface area contributed by atoms with Gasteiger partial charge in [0.1, 0.15) is 0 Å². The standard InChI is InChI=1S/C11H18F2N2O2/c1-2-7(10(16)17)5-15-4-3-8-9(15)11(12,13)6-14-8/h7-9,14H,2-6H2,1H3,(H,16,17). The van der Waals surface area contributed by atoms with Gasteiger partial charge in [0.15, 0.2) is 0 Å². The van der Waals surface area contributed by atoms with Crippen molar-refractivity contribution >= 4 is 5.97 Å². The van der Waals surface area contributed by atoms with E-state index in [2.05, 4.69) is 5.32 Å². The number of nitrogens with zero attached hydrogens (tertiary/aromatic N) is 1. The molecule has 4 nitrogen and oxygen atoms in total. The summed E-state index contributed by atoms with van der Waals surface area (Å²) in [4.78, 5) is 12.6. The number of hydrogen-bond donors (Lipinski definition) is 2. The number of halogens is 2. The average Bonchev–Trinajstić information content (AvgIpc) is 2.77. The molecular formula is C11H18F2N2O2. The minimum atomic E-state index is -2.74. The van der Waals surface area contributed by atoms with Gasteiger partial charge in [0.2, 0.25) is 0 Å². The molecule has 2 rings (SSSR count). The van der Waals surface area contributed by atoms with E-state index in [0.717, 1.165) is 0 Å². The summed E-state index contributed by atoms with van der Waals surface area (Å²) in [5.41, 5.74) is 0. The monoisotopic (exact) mass is 248 g/mol. The number of carboxylic acid groups (broad SMARTS) is 1. The number of fused-ring (bicyclic) bond motifs is 1. The predicted octanol–water partition coefficient (Wildman–Crippen LogP) is 0.779. The summed E-state index contributed by atoms with van der Waals surface area (Å²) in [6.45, 7) is 2.27. The predicted molar refractivity (Wildman–Crippen MR) is 58.1 cm³/mol. The van der Waals surface area contributed by atoms with E-state index in [1.165, 1.54) is 0 Å². The van der Waals surface area contributed by atoms with Crippen LogP contribution in [0.15, 0.2) is 0 Å². The molecule has 0 aromatic heterocycles. The lowest BCUT2D eigenvalue weighted by molar-refractivity contribution is -0.143. The Morgan fingerprint density at radius 3 is 2.94 bits per heavy atom. The molecule has 0 aromatic rings. The normalized spacial score (nSPS) is 33.6. The first-order chi connectivity index (χ1) is 7.95. The number of likely N-dealkylation sites (tertiary alicyclic amines) is 1. The maximum atomic E-state index is 13.7. The zero-order valence-corrected chi connectivity index (χ0v) is 9.83. The Hall–Kier alpha value is -0.750. The molecule has 0 amide bonds. The summed E-state index contributed by atoms with van der Waals surface area (Å²) in [5.74, 6) is -4.19. The van der Waals surface area contributed by atoms with Gasteiger partial charge in [0.05, 0.1) is 18.5 Å². The Morgan fingerprint density at radius 1 is 1.65 bits per heavy atom. The second-order valence-corrected chi connectivity index (χ2v) is 4.92. The minimum absolute atomic E-state index is 0.184. The van der Waals surface area contributed by atoms with Crippen LogP contribution < -0.4 is 5.32 Å². The van der Waals surface area contributed by atoms with Crippen molar-refractivity contribution < 1.29 is 18.7 Å². The van der Waals surface area contributed by atoms with Crippen LogP contribution in [0.1, 0.15) is 19.8 Å². The first kappa shape index (κ1) is 12.7. The molecule has 2 heterocycles. The van der Waals surface area contributed by atoms with Gasteiger partial charge in [0, 0.05) is 19.1 Å². The fourth-order valence-corrected chi connectivity index (χ4v) is 2.87. The summed E-state index contributed by atoms with van der Waals surface area (Å²) >= 11 is 0. The van der Waals surface area contributed by atoms with Crippen molar-refractivity contribution in [2.75, 3.05) is 19.6 Å². The summed E-state index contributed by atoms with van der Waals surface area (Å²) in [6.07, 6.45) is 1.15. The molecular weight excluding hydrogens is 230 g/mol. The SMILES string of the molecule is CCC(CN1CCC2NCC(F)(F)C21)C(=O)O. The minimum Gasteiger partial charge on any atom is -0.481 e. The highest BCUT2D eigenvalue weighted by atomic mass is 19.3. The van der Waals surface area contributed by atoms with Crippen LogP contribution >= 0.6 is 0 Å². The van der Waals surface area contributed by atoms with Crippen LogP contribution in [0.2, 0.25) is 0 Å². The lowest BCUT2D eigenvalue weighted by atomic mass is 10.0.